The zero-order valence-electron chi connectivity index (χ0n) is 15.0. The molecule has 0 spiro atoms. The van der Waals surface area contributed by atoms with E-state index in [4.69, 9.17) is 4.74 Å². The molecule has 0 saturated carbocycles. The van der Waals surface area contributed by atoms with E-state index in [0.29, 0.717) is 19.0 Å². The summed E-state index contributed by atoms with van der Waals surface area (Å²) in [6.07, 6.45) is 4.16. The number of rotatable bonds is 3. The number of amides is 1. The van der Waals surface area contributed by atoms with Gasteiger partial charge in [-0.1, -0.05) is 12.8 Å². The zero-order chi connectivity index (χ0) is 18.0. The van der Waals surface area contributed by atoms with Gasteiger partial charge in [-0.05, 0) is 50.7 Å². The number of pyridine rings is 1. The zero-order valence-corrected chi connectivity index (χ0v) is 15.9. The fourth-order valence-electron chi connectivity index (χ4n) is 3.59. The Balaban J connectivity index is 1.59. The van der Waals surface area contributed by atoms with Crippen LogP contribution >= 0.6 is 12.8 Å². The molecular weight excluding hydrogens is 338 g/mol. The normalized spacial score (nSPS) is 19.1. The van der Waals surface area contributed by atoms with Gasteiger partial charge >= 0.3 is 6.09 Å². The van der Waals surface area contributed by atoms with Crippen LogP contribution in [0.1, 0.15) is 37.8 Å². The topological polar surface area (TPSA) is 54.8 Å². The molecule has 0 unspecified atom stereocenters. The predicted octanol–water partition coefficient (Wildman–Crippen LogP) is 2.31. The molecule has 1 fully saturated rings. The molecule has 1 aromatic rings. The lowest BCUT2D eigenvalue weighted by Gasteiger charge is -2.32. The van der Waals surface area contributed by atoms with Gasteiger partial charge in [-0.2, -0.15) is 0 Å². The highest BCUT2D eigenvalue weighted by Gasteiger charge is 2.25. The number of hydrogen-bond donors (Lipinski definition) is 1. The fraction of sp³-hybridized carbons (Fsp3) is 0.667. The van der Waals surface area contributed by atoms with Crippen molar-refractivity contribution in [3.8, 4) is 0 Å². The number of carbonyl (C=O) groups excluding carboxylic acids is 1. The number of ether oxygens (including phenoxy) is 1. The number of carbonyl (C=O) groups is 1. The highest BCUT2D eigenvalue weighted by molar-refractivity contribution is 7.77. The van der Waals surface area contributed by atoms with E-state index in [0.717, 1.165) is 50.0 Å². The number of fused-ring (bicyclic) bond motifs is 1. The minimum atomic E-state index is -0.226. The van der Waals surface area contributed by atoms with Crippen molar-refractivity contribution in [2.24, 2.45) is 5.92 Å². The van der Waals surface area contributed by atoms with Crippen LogP contribution in [0.5, 0.6) is 0 Å². The van der Waals surface area contributed by atoms with E-state index in [1.165, 1.54) is 0 Å². The highest BCUT2D eigenvalue weighted by atomic mass is 32.1. The SMILES string of the molecule is CC(C)OC(=O)N1CCC(Cn2ccc3c(c2=O)CCN(S)C3)CC1. The van der Waals surface area contributed by atoms with Crippen LogP contribution < -0.4 is 5.56 Å². The summed E-state index contributed by atoms with van der Waals surface area (Å²) in [6, 6.07) is 2.05. The Morgan fingerprint density at radius 3 is 2.72 bits per heavy atom. The third kappa shape index (κ3) is 4.39. The molecule has 2 aliphatic rings. The van der Waals surface area contributed by atoms with Gasteiger partial charge in [0.25, 0.3) is 5.56 Å². The maximum absolute atomic E-state index is 12.7. The van der Waals surface area contributed by atoms with E-state index in [1.54, 1.807) is 4.90 Å². The van der Waals surface area contributed by atoms with Crippen LogP contribution in [0, 0.1) is 5.92 Å². The van der Waals surface area contributed by atoms with Gasteiger partial charge in [0.15, 0.2) is 0 Å². The van der Waals surface area contributed by atoms with Crippen LogP contribution in [-0.2, 0) is 24.2 Å². The van der Waals surface area contributed by atoms with Gasteiger partial charge in [-0.15, -0.1) is 0 Å². The van der Waals surface area contributed by atoms with Crippen LogP contribution in [0.3, 0.4) is 0 Å². The molecule has 0 atom stereocenters. The van der Waals surface area contributed by atoms with Crippen molar-refractivity contribution in [2.75, 3.05) is 19.6 Å². The summed E-state index contributed by atoms with van der Waals surface area (Å²) in [5.74, 6) is 0.420. The first-order valence-electron chi connectivity index (χ1n) is 9.04. The van der Waals surface area contributed by atoms with Gasteiger partial charge in [0.05, 0.1) is 6.10 Å². The Kier molecular flexibility index (Phi) is 5.74. The van der Waals surface area contributed by atoms with Gasteiger partial charge in [0.2, 0.25) is 0 Å². The summed E-state index contributed by atoms with van der Waals surface area (Å²) in [5, 5.41) is 0. The standard InChI is InChI=1S/C18H27N3O3S/c1-13(2)24-18(23)19-7-3-14(4-8-19)11-20-9-5-15-12-21(25)10-6-16(15)17(20)22/h5,9,13-14,25H,3-4,6-8,10-12H2,1-2H3. The number of likely N-dealkylation sites (tertiary alicyclic amines) is 1. The van der Waals surface area contributed by atoms with E-state index in [-0.39, 0.29) is 17.8 Å². The average molecular weight is 365 g/mol. The number of piperidine rings is 1. The molecule has 0 N–H and O–H groups in total. The first kappa shape index (κ1) is 18.3. The summed E-state index contributed by atoms with van der Waals surface area (Å²) >= 11 is 4.38. The summed E-state index contributed by atoms with van der Waals surface area (Å²) in [7, 11) is 0. The molecule has 3 rings (SSSR count). The van der Waals surface area contributed by atoms with E-state index < -0.39 is 0 Å². The maximum atomic E-state index is 12.7. The monoisotopic (exact) mass is 365 g/mol. The smallest absolute Gasteiger partial charge is 0.410 e. The summed E-state index contributed by atoms with van der Waals surface area (Å²) in [4.78, 5) is 26.4. The van der Waals surface area contributed by atoms with Crippen LogP contribution in [-0.4, -0.2) is 45.6 Å². The van der Waals surface area contributed by atoms with E-state index >= 15 is 0 Å². The molecule has 0 bridgehead atoms. The van der Waals surface area contributed by atoms with Gasteiger partial charge in [0.1, 0.15) is 0 Å². The molecule has 2 aliphatic heterocycles. The summed E-state index contributed by atoms with van der Waals surface area (Å²) in [6.45, 7) is 7.38. The molecule has 25 heavy (non-hydrogen) atoms. The second kappa shape index (κ2) is 7.83. The van der Waals surface area contributed by atoms with Crippen molar-refractivity contribution >= 4 is 18.9 Å². The lowest BCUT2D eigenvalue weighted by atomic mass is 9.96. The highest BCUT2D eigenvalue weighted by Crippen LogP contribution is 2.21. The Morgan fingerprint density at radius 1 is 1.32 bits per heavy atom. The van der Waals surface area contributed by atoms with Gasteiger partial charge in [-0.25, -0.2) is 9.10 Å². The molecule has 138 valence electrons. The maximum Gasteiger partial charge on any atom is 0.410 e. The summed E-state index contributed by atoms with van der Waals surface area (Å²) < 4.78 is 9.04. The third-order valence-electron chi connectivity index (χ3n) is 5.00. The lowest BCUT2D eigenvalue weighted by molar-refractivity contribution is 0.0641. The minimum Gasteiger partial charge on any atom is -0.447 e. The van der Waals surface area contributed by atoms with Crippen molar-refractivity contribution in [1.82, 2.24) is 13.8 Å². The van der Waals surface area contributed by atoms with Crippen molar-refractivity contribution in [3.63, 3.8) is 0 Å². The average Bonchev–Trinajstić information content (AvgIpc) is 2.57. The molecule has 0 radical (unpaired) electrons. The fourth-order valence-corrected chi connectivity index (χ4v) is 3.84. The van der Waals surface area contributed by atoms with Crippen molar-refractivity contribution in [1.29, 1.82) is 0 Å². The number of hydrogen-bond acceptors (Lipinski definition) is 5. The number of nitrogens with zero attached hydrogens (tertiary/aromatic N) is 3. The molecular formula is C18H27N3O3S. The van der Waals surface area contributed by atoms with Crippen LogP contribution in [0.15, 0.2) is 17.1 Å². The Morgan fingerprint density at radius 2 is 2.04 bits per heavy atom. The predicted molar refractivity (Wildman–Crippen MR) is 99.7 cm³/mol. The Hall–Kier alpha value is -1.47. The Bertz CT molecular complexity index is 681. The molecule has 6 nitrogen and oxygen atoms in total. The molecule has 1 saturated heterocycles. The second-order valence-electron chi connectivity index (χ2n) is 7.28. The van der Waals surface area contributed by atoms with Crippen LogP contribution in [0.2, 0.25) is 0 Å². The minimum absolute atomic E-state index is 0.0903. The van der Waals surface area contributed by atoms with Gasteiger partial charge in [0, 0.05) is 44.5 Å². The van der Waals surface area contributed by atoms with E-state index in [1.807, 2.05) is 35.0 Å². The van der Waals surface area contributed by atoms with Crippen molar-refractivity contribution in [3.05, 3.63) is 33.7 Å². The van der Waals surface area contributed by atoms with E-state index in [9.17, 15) is 9.59 Å². The summed E-state index contributed by atoms with van der Waals surface area (Å²) in [5.41, 5.74) is 2.17. The van der Waals surface area contributed by atoms with Crippen molar-refractivity contribution in [2.45, 2.75) is 52.3 Å². The van der Waals surface area contributed by atoms with E-state index in [2.05, 4.69) is 12.8 Å². The molecule has 7 heteroatoms. The quantitative estimate of drug-likeness (QED) is 0.835. The molecule has 0 aromatic carbocycles. The Labute approximate surface area is 154 Å². The third-order valence-corrected chi connectivity index (χ3v) is 5.34. The first-order valence-corrected chi connectivity index (χ1v) is 9.44. The van der Waals surface area contributed by atoms with Gasteiger partial charge < -0.3 is 14.2 Å². The molecule has 0 aliphatic carbocycles. The van der Waals surface area contributed by atoms with Crippen LogP contribution in [0.4, 0.5) is 4.79 Å². The second-order valence-corrected chi connectivity index (χ2v) is 7.84. The number of aromatic nitrogens is 1. The molecule has 1 aromatic heterocycles. The lowest BCUT2D eigenvalue weighted by Crippen LogP contribution is -2.41. The first-order chi connectivity index (χ1) is 11.9. The molecule has 3 heterocycles. The van der Waals surface area contributed by atoms with Gasteiger partial charge in [-0.3, -0.25) is 4.79 Å². The molecule has 1 amide bonds. The van der Waals surface area contributed by atoms with Crippen molar-refractivity contribution < 1.29 is 9.53 Å². The number of thiol groups is 1. The largest absolute Gasteiger partial charge is 0.447 e. The van der Waals surface area contributed by atoms with Crippen LogP contribution in [0.25, 0.3) is 0 Å².